The minimum atomic E-state index is -0.0422. The molecule has 0 saturated carbocycles. The monoisotopic (exact) mass is 635 g/mol. The lowest BCUT2D eigenvalue weighted by atomic mass is 9.97. The summed E-state index contributed by atoms with van der Waals surface area (Å²) in [5, 5.41) is 2.15. The summed E-state index contributed by atoms with van der Waals surface area (Å²) in [5.41, 5.74) is 10.3. The van der Waals surface area contributed by atoms with Gasteiger partial charge in [0.1, 0.15) is 11.2 Å². The zero-order chi connectivity index (χ0) is 33.1. The molecule has 0 spiro atoms. The van der Waals surface area contributed by atoms with Gasteiger partial charge in [-0.15, -0.1) is 0 Å². The number of benzene rings is 6. The summed E-state index contributed by atoms with van der Waals surface area (Å²) in [5.74, 6) is 1.78. The van der Waals surface area contributed by atoms with Crippen LogP contribution in [0.2, 0.25) is 0 Å². The van der Waals surface area contributed by atoms with E-state index in [1.54, 1.807) is 23.2 Å². The first kappa shape index (κ1) is 28.6. The van der Waals surface area contributed by atoms with Crippen molar-refractivity contribution >= 4 is 33.0 Å². The fraction of sp³-hybridized carbons (Fsp3) is 0.0476. The lowest BCUT2D eigenvalue weighted by Crippen LogP contribution is -2.19. The van der Waals surface area contributed by atoms with Crippen molar-refractivity contribution in [2.45, 2.75) is 0 Å². The van der Waals surface area contributed by atoms with Gasteiger partial charge in [0.15, 0.2) is 17.5 Å². The molecule has 9 aromatic rings. The van der Waals surface area contributed by atoms with Crippen LogP contribution in [-0.2, 0) is 14.1 Å². The Hall–Kier alpha value is -6.60. The Morgan fingerprint density at radius 2 is 1.02 bits per heavy atom. The fourth-order valence-corrected chi connectivity index (χ4v) is 6.66. The molecular formula is C42H29N5O2. The highest BCUT2D eigenvalue weighted by atomic mass is 16.3. The average Bonchev–Trinajstić information content (AvgIpc) is 3.64. The molecule has 0 aliphatic rings. The van der Waals surface area contributed by atoms with E-state index < -0.39 is 0 Å². The van der Waals surface area contributed by atoms with Crippen LogP contribution in [0.3, 0.4) is 0 Å². The molecule has 0 radical (unpaired) electrons. The van der Waals surface area contributed by atoms with Gasteiger partial charge >= 0.3 is 5.69 Å². The number of imidazole rings is 1. The van der Waals surface area contributed by atoms with Crippen molar-refractivity contribution in [3.8, 4) is 56.4 Å². The van der Waals surface area contributed by atoms with Gasteiger partial charge in [-0.3, -0.25) is 9.13 Å². The van der Waals surface area contributed by atoms with Crippen molar-refractivity contribution in [1.29, 1.82) is 0 Å². The van der Waals surface area contributed by atoms with Crippen molar-refractivity contribution in [2.24, 2.45) is 14.1 Å². The summed E-state index contributed by atoms with van der Waals surface area (Å²) < 4.78 is 9.45. The quantitative estimate of drug-likeness (QED) is 0.188. The lowest BCUT2D eigenvalue weighted by molar-refractivity contribution is 0.669. The number of para-hydroxylation sites is 1. The summed E-state index contributed by atoms with van der Waals surface area (Å²) in [6, 6.07) is 47.0. The largest absolute Gasteiger partial charge is 0.456 e. The van der Waals surface area contributed by atoms with Crippen LogP contribution in [0.15, 0.2) is 149 Å². The third kappa shape index (κ3) is 4.83. The molecule has 0 fully saturated rings. The predicted octanol–water partition coefficient (Wildman–Crippen LogP) is 9.30. The molecule has 9 rings (SSSR count). The van der Waals surface area contributed by atoms with Crippen molar-refractivity contribution in [1.82, 2.24) is 24.1 Å². The van der Waals surface area contributed by atoms with E-state index >= 15 is 0 Å². The molecule has 0 bridgehead atoms. The molecule has 0 aliphatic heterocycles. The van der Waals surface area contributed by atoms with Crippen LogP contribution in [0.1, 0.15) is 0 Å². The van der Waals surface area contributed by atoms with Crippen molar-refractivity contribution < 1.29 is 4.42 Å². The summed E-state index contributed by atoms with van der Waals surface area (Å²) in [7, 11) is 3.60. The minimum absolute atomic E-state index is 0.0422. The first-order valence-corrected chi connectivity index (χ1v) is 16.1. The third-order valence-corrected chi connectivity index (χ3v) is 9.27. The van der Waals surface area contributed by atoms with E-state index in [0.29, 0.717) is 17.5 Å². The highest BCUT2D eigenvalue weighted by Crippen LogP contribution is 2.37. The van der Waals surface area contributed by atoms with Crippen LogP contribution in [0, 0.1) is 0 Å². The summed E-state index contributed by atoms with van der Waals surface area (Å²) >= 11 is 0. The Morgan fingerprint density at radius 1 is 0.449 bits per heavy atom. The number of rotatable bonds is 5. The van der Waals surface area contributed by atoms with E-state index in [1.165, 1.54) is 0 Å². The van der Waals surface area contributed by atoms with Gasteiger partial charge in [-0.25, -0.2) is 19.7 Å². The van der Waals surface area contributed by atoms with Gasteiger partial charge in [0.05, 0.1) is 11.0 Å². The molecule has 0 amide bonds. The fourth-order valence-electron chi connectivity index (χ4n) is 6.66. The number of hydrogen-bond donors (Lipinski definition) is 0. The molecule has 0 N–H and O–H groups in total. The minimum Gasteiger partial charge on any atom is -0.456 e. The number of aromatic nitrogens is 5. The highest BCUT2D eigenvalue weighted by molar-refractivity contribution is 6.06. The van der Waals surface area contributed by atoms with Crippen LogP contribution < -0.4 is 5.69 Å². The van der Waals surface area contributed by atoms with Crippen molar-refractivity contribution in [3.05, 3.63) is 150 Å². The van der Waals surface area contributed by atoms with Gasteiger partial charge in [-0.05, 0) is 52.6 Å². The number of furan rings is 1. The van der Waals surface area contributed by atoms with Gasteiger partial charge in [0.2, 0.25) is 0 Å². The van der Waals surface area contributed by atoms with Gasteiger partial charge in [-0.1, -0.05) is 109 Å². The van der Waals surface area contributed by atoms with Crippen LogP contribution in [0.25, 0.3) is 89.4 Å². The molecule has 0 atom stereocenters. The second-order valence-corrected chi connectivity index (χ2v) is 12.2. The predicted molar refractivity (Wildman–Crippen MR) is 196 cm³/mol. The molecule has 3 heterocycles. The van der Waals surface area contributed by atoms with Crippen molar-refractivity contribution in [3.63, 3.8) is 0 Å². The van der Waals surface area contributed by atoms with E-state index in [0.717, 1.165) is 71.9 Å². The highest BCUT2D eigenvalue weighted by Gasteiger charge is 2.17. The summed E-state index contributed by atoms with van der Waals surface area (Å²) in [6.07, 6.45) is 0. The molecule has 0 unspecified atom stereocenters. The molecule has 7 heteroatoms. The second-order valence-electron chi connectivity index (χ2n) is 12.2. The molecule has 3 aromatic heterocycles. The number of aryl methyl sites for hydroxylation is 2. The lowest BCUT2D eigenvalue weighted by Gasteiger charge is -2.12. The Labute approximate surface area is 281 Å². The second kappa shape index (κ2) is 11.3. The maximum atomic E-state index is 12.5. The molecular weight excluding hydrogens is 606 g/mol. The zero-order valence-electron chi connectivity index (χ0n) is 26.8. The van der Waals surface area contributed by atoms with Crippen LogP contribution in [0.4, 0.5) is 0 Å². The molecule has 234 valence electrons. The SMILES string of the molecule is Cn1c(=O)n(C)c2cc(-c3ccc(-c4nc(-c5ccccc5)nc(-c5ccccc5-c5ccc6oc7ccccc7c6c5)n4)cc3)ccc21. The van der Waals surface area contributed by atoms with E-state index in [2.05, 4.69) is 48.5 Å². The average molecular weight is 636 g/mol. The van der Waals surface area contributed by atoms with Gasteiger partial charge in [-0.2, -0.15) is 0 Å². The van der Waals surface area contributed by atoms with Crippen LogP contribution in [-0.4, -0.2) is 24.1 Å². The molecule has 7 nitrogen and oxygen atoms in total. The smallest absolute Gasteiger partial charge is 0.328 e. The Morgan fingerprint density at radius 3 is 1.82 bits per heavy atom. The first-order chi connectivity index (χ1) is 24.0. The molecule has 49 heavy (non-hydrogen) atoms. The Balaban J connectivity index is 1.16. The van der Waals surface area contributed by atoms with E-state index in [-0.39, 0.29) is 5.69 Å². The van der Waals surface area contributed by atoms with Gasteiger partial charge in [0, 0.05) is 41.6 Å². The van der Waals surface area contributed by atoms with Gasteiger partial charge < -0.3 is 4.42 Å². The molecule has 0 saturated heterocycles. The topological polar surface area (TPSA) is 78.7 Å². The Kier molecular flexibility index (Phi) is 6.59. The first-order valence-electron chi connectivity index (χ1n) is 16.1. The summed E-state index contributed by atoms with van der Waals surface area (Å²) in [4.78, 5) is 27.6. The van der Waals surface area contributed by atoms with Crippen molar-refractivity contribution in [2.75, 3.05) is 0 Å². The van der Waals surface area contributed by atoms with Crippen LogP contribution >= 0.6 is 0 Å². The van der Waals surface area contributed by atoms with E-state index in [1.807, 2.05) is 91.0 Å². The van der Waals surface area contributed by atoms with Crippen LogP contribution in [0.5, 0.6) is 0 Å². The number of hydrogen-bond acceptors (Lipinski definition) is 5. The maximum absolute atomic E-state index is 12.5. The number of nitrogens with zero attached hydrogens (tertiary/aromatic N) is 5. The van der Waals surface area contributed by atoms with Gasteiger partial charge in [0.25, 0.3) is 0 Å². The zero-order valence-corrected chi connectivity index (χ0v) is 26.8. The molecule has 0 aliphatic carbocycles. The van der Waals surface area contributed by atoms with E-state index in [9.17, 15) is 4.79 Å². The maximum Gasteiger partial charge on any atom is 0.328 e. The Bertz CT molecular complexity index is 2760. The van der Waals surface area contributed by atoms with E-state index in [4.69, 9.17) is 19.4 Å². The normalized spacial score (nSPS) is 11.6. The molecule has 6 aromatic carbocycles. The summed E-state index contributed by atoms with van der Waals surface area (Å²) in [6.45, 7) is 0. The number of fused-ring (bicyclic) bond motifs is 4. The standard InChI is InChI=1S/C42H29N5O2/c1-46-35-22-20-29(25-36(35)47(2)42(46)48)26-16-18-28(19-17-26)40-43-39(27-10-4-3-5-11-27)44-41(45-40)33-14-7-6-12-31(33)30-21-23-38-34(24-30)32-13-8-9-15-37(32)49-38/h3-25H,1-2H3. The third-order valence-electron chi connectivity index (χ3n) is 9.27.